The molecule has 3 N–H and O–H groups in total. The van der Waals surface area contributed by atoms with Crippen molar-refractivity contribution in [1.29, 1.82) is 0 Å². The molecule has 0 spiro atoms. The number of alkyl carbamates (subject to hydrolysis) is 1. The molecule has 2 amide bonds. The lowest BCUT2D eigenvalue weighted by Gasteiger charge is -2.22. The minimum absolute atomic E-state index is 0.0800. The Balaban J connectivity index is 1.39. The first kappa shape index (κ1) is 24.1. The van der Waals surface area contributed by atoms with Crippen LogP contribution in [0.1, 0.15) is 29.9 Å². The van der Waals surface area contributed by atoms with Gasteiger partial charge >= 0.3 is 12.1 Å². The molecule has 1 aliphatic carbocycles. The zero-order valence-corrected chi connectivity index (χ0v) is 19.7. The van der Waals surface area contributed by atoms with Gasteiger partial charge in [-0.1, -0.05) is 48.5 Å². The van der Waals surface area contributed by atoms with E-state index in [0.717, 1.165) is 22.3 Å². The number of thioether (sulfide) groups is 1. The number of amides is 2. The highest BCUT2D eigenvalue weighted by Gasteiger charge is 2.37. The van der Waals surface area contributed by atoms with Crippen LogP contribution >= 0.6 is 11.8 Å². The maximum Gasteiger partial charge on any atom is 0.407 e. The van der Waals surface area contributed by atoms with E-state index in [1.54, 1.807) is 11.8 Å². The molecule has 1 heterocycles. The Labute approximate surface area is 202 Å². The maximum absolute atomic E-state index is 12.9. The molecule has 1 unspecified atom stereocenters. The Morgan fingerprint density at radius 3 is 2.38 bits per heavy atom. The van der Waals surface area contributed by atoms with E-state index in [1.807, 2.05) is 42.7 Å². The van der Waals surface area contributed by atoms with Crippen LogP contribution in [-0.4, -0.2) is 66.5 Å². The van der Waals surface area contributed by atoms with Crippen LogP contribution in [0.15, 0.2) is 48.5 Å². The van der Waals surface area contributed by atoms with Crippen LogP contribution in [0.2, 0.25) is 0 Å². The quantitative estimate of drug-likeness (QED) is 0.501. The van der Waals surface area contributed by atoms with E-state index in [9.17, 15) is 19.5 Å². The smallest absolute Gasteiger partial charge is 0.407 e. The van der Waals surface area contributed by atoms with Crippen molar-refractivity contribution in [3.63, 3.8) is 0 Å². The van der Waals surface area contributed by atoms with Crippen molar-refractivity contribution in [1.82, 2.24) is 10.6 Å². The van der Waals surface area contributed by atoms with Crippen LogP contribution in [0, 0.1) is 0 Å². The zero-order valence-electron chi connectivity index (χ0n) is 18.9. The minimum atomic E-state index is -1.12. The van der Waals surface area contributed by atoms with Gasteiger partial charge in [-0.25, -0.2) is 9.59 Å². The number of nitrogens with one attached hydrogen (secondary N) is 2. The number of fused-ring (bicyclic) bond motifs is 3. The number of hydrogen-bond acceptors (Lipinski definition) is 6. The second-order valence-electron chi connectivity index (χ2n) is 8.34. The van der Waals surface area contributed by atoms with E-state index >= 15 is 0 Å². The van der Waals surface area contributed by atoms with E-state index in [0.29, 0.717) is 18.6 Å². The Bertz CT molecular complexity index is 1020. The number of carboxylic acid groups (broad SMARTS) is 1. The van der Waals surface area contributed by atoms with E-state index in [2.05, 4.69) is 22.8 Å². The average molecular weight is 485 g/mol. The fourth-order valence-electron chi connectivity index (χ4n) is 4.55. The lowest BCUT2D eigenvalue weighted by atomic mass is 9.98. The highest BCUT2D eigenvalue weighted by Crippen LogP contribution is 2.44. The lowest BCUT2D eigenvalue weighted by molar-refractivity contribution is -0.148. The van der Waals surface area contributed by atoms with Crippen molar-refractivity contribution in [3.8, 4) is 11.1 Å². The number of hydrogen-bond donors (Lipinski definition) is 3. The molecule has 2 aliphatic rings. The molecular formula is C25H28N2O6S. The normalized spacial score (nSPS) is 19.7. The van der Waals surface area contributed by atoms with Gasteiger partial charge in [0.2, 0.25) is 5.91 Å². The molecule has 0 bridgehead atoms. The van der Waals surface area contributed by atoms with Crippen LogP contribution < -0.4 is 10.6 Å². The third kappa shape index (κ3) is 5.20. The van der Waals surface area contributed by atoms with Crippen LogP contribution in [0.25, 0.3) is 11.1 Å². The molecule has 1 saturated heterocycles. The van der Waals surface area contributed by atoms with E-state index in [1.165, 1.54) is 0 Å². The minimum Gasteiger partial charge on any atom is -0.479 e. The summed E-state index contributed by atoms with van der Waals surface area (Å²) in [5, 5.41) is 14.7. The summed E-state index contributed by atoms with van der Waals surface area (Å²) in [7, 11) is 0. The molecule has 2 aromatic carbocycles. The first-order chi connectivity index (χ1) is 16.5. The number of aliphatic carboxylic acids is 1. The number of benzene rings is 2. The molecule has 9 heteroatoms. The lowest BCUT2D eigenvalue weighted by Crippen LogP contribution is -2.53. The summed E-state index contributed by atoms with van der Waals surface area (Å²) in [6, 6.07) is 14.7. The number of carboxylic acids is 1. The Morgan fingerprint density at radius 1 is 1.12 bits per heavy atom. The van der Waals surface area contributed by atoms with Crippen molar-refractivity contribution in [3.05, 3.63) is 59.7 Å². The van der Waals surface area contributed by atoms with Crippen molar-refractivity contribution in [2.24, 2.45) is 0 Å². The van der Waals surface area contributed by atoms with Crippen molar-refractivity contribution >= 4 is 29.7 Å². The maximum atomic E-state index is 12.9. The van der Waals surface area contributed by atoms with Crippen LogP contribution in [0.4, 0.5) is 4.79 Å². The Kier molecular flexibility index (Phi) is 7.74. The first-order valence-corrected chi connectivity index (χ1v) is 12.6. The molecule has 0 radical (unpaired) electrons. The van der Waals surface area contributed by atoms with Gasteiger partial charge in [0.25, 0.3) is 0 Å². The van der Waals surface area contributed by atoms with Gasteiger partial charge in [0.1, 0.15) is 12.6 Å². The second-order valence-corrected chi connectivity index (χ2v) is 9.32. The fourth-order valence-corrected chi connectivity index (χ4v) is 5.02. The number of rotatable bonds is 9. The molecule has 0 aromatic heterocycles. The molecule has 1 fully saturated rings. The van der Waals surface area contributed by atoms with Gasteiger partial charge in [0, 0.05) is 12.5 Å². The van der Waals surface area contributed by atoms with E-state index in [-0.39, 0.29) is 19.1 Å². The molecule has 2 aromatic rings. The molecule has 34 heavy (non-hydrogen) atoms. The molecule has 4 rings (SSSR count). The standard InChI is InChI=1S/C25H28N2O6S/c1-34-13-11-21(23(28)26-20-10-12-32-22(20)24(29)30)27-25(31)33-14-19-17-8-4-2-6-15(17)16-7-3-5-9-18(16)19/h2-9,19-22H,10-14H2,1H3,(H,26,28)(H,27,31)(H,29,30)/t20-,21?,22+/m0/s1. The van der Waals surface area contributed by atoms with Gasteiger partial charge in [0.15, 0.2) is 6.10 Å². The fraction of sp³-hybridized carbons (Fsp3) is 0.400. The monoisotopic (exact) mass is 484 g/mol. The summed E-state index contributed by atoms with van der Waals surface area (Å²) in [5.74, 6) is -0.994. The molecule has 8 nitrogen and oxygen atoms in total. The van der Waals surface area contributed by atoms with Crippen molar-refractivity contribution < 1.29 is 29.0 Å². The number of carbonyl (C=O) groups excluding carboxylic acids is 2. The second kappa shape index (κ2) is 10.9. The topological polar surface area (TPSA) is 114 Å². The number of carbonyl (C=O) groups is 3. The van der Waals surface area contributed by atoms with Crippen LogP contribution in [0.5, 0.6) is 0 Å². The first-order valence-electron chi connectivity index (χ1n) is 11.2. The predicted molar refractivity (Wildman–Crippen MR) is 129 cm³/mol. The summed E-state index contributed by atoms with van der Waals surface area (Å²) >= 11 is 1.55. The molecule has 180 valence electrons. The van der Waals surface area contributed by atoms with Gasteiger partial charge in [0.05, 0.1) is 6.04 Å². The number of ether oxygens (including phenoxy) is 2. The summed E-state index contributed by atoms with van der Waals surface area (Å²) in [4.78, 5) is 36.9. The predicted octanol–water partition coefficient (Wildman–Crippen LogP) is 3.01. The Hall–Kier alpha value is -3.04. The van der Waals surface area contributed by atoms with Gasteiger partial charge in [-0.05, 0) is 47.1 Å². The summed E-state index contributed by atoms with van der Waals surface area (Å²) < 4.78 is 10.8. The SMILES string of the molecule is CSCCC(NC(=O)OCC1c2ccccc2-c2ccccc21)C(=O)N[C@H]1CCO[C@H]1C(=O)O. The Morgan fingerprint density at radius 2 is 1.76 bits per heavy atom. The van der Waals surface area contributed by atoms with Crippen LogP contribution in [-0.2, 0) is 19.1 Å². The highest BCUT2D eigenvalue weighted by atomic mass is 32.2. The third-order valence-electron chi connectivity index (χ3n) is 6.23. The van der Waals surface area contributed by atoms with Gasteiger partial charge in [-0.3, -0.25) is 4.79 Å². The molecule has 0 saturated carbocycles. The highest BCUT2D eigenvalue weighted by molar-refractivity contribution is 7.98. The molecule has 3 atom stereocenters. The van der Waals surface area contributed by atoms with E-state index in [4.69, 9.17) is 9.47 Å². The summed E-state index contributed by atoms with van der Waals surface area (Å²) in [5.41, 5.74) is 4.48. The van der Waals surface area contributed by atoms with Gasteiger partial charge in [-0.15, -0.1) is 0 Å². The largest absolute Gasteiger partial charge is 0.479 e. The van der Waals surface area contributed by atoms with Crippen molar-refractivity contribution in [2.75, 3.05) is 25.2 Å². The summed E-state index contributed by atoms with van der Waals surface area (Å²) in [6.07, 6.45) is 0.944. The van der Waals surface area contributed by atoms with Crippen LogP contribution in [0.3, 0.4) is 0 Å². The summed E-state index contributed by atoms with van der Waals surface area (Å²) in [6.45, 7) is 0.408. The molecule has 1 aliphatic heterocycles. The molecular weight excluding hydrogens is 456 g/mol. The average Bonchev–Trinajstić information content (AvgIpc) is 3.43. The van der Waals surface area contributed by atoms with E-state index < -0.39 is 36.2 Å². The van der Waals surface area contributed by atoms with Gasteiger partial charge in [-0.2, -0.15) is 11.8 Å². The van der Waals surface area contributed by atoms with Gasteiger partial charge < -0.3 is 25.2 Å². The third-order valence-corrected chi connectivity index (χ3v) is 6.87. The zero-order chi connectivity index (χ0) is 24.1. The van der Waals surface area contributed by atoms with Crippen molar-refractivity contribution in [2.45, 2.75) is 36.9 Å².